The molecule has 94 valence electrons. The van der Waals surface area contributed by atoms with Crippen molar-refractivity contribution in [2.24, 2.45) is 0 Å². The van der Waals surface area contributed by atoms with Gasteiger partial charge < -0.3 is 15.0 Å². The molecule has 0 aliphatic carbocycles. The lowest BCUT2D eigenvalue weighted by Gasteiger charge is -2.36. The Morgan fingerprint density at radius 3 is 3.00 bits per heavy atom. The van der Waals surface area contributed by atoms with Gasteiger partial charge in [0.25, 0.3) is 0 Å². The predicted octanol–water partition coefficient (Wildman–Crippen LogP) is 1.67. The lowest BCUT2D eigenvalue weighted by Crippen LogP contribution is -2.45. The summed E-state index contributed by atoms with van der Waals surface area (Å²) in [7, 11) is 3.68. The lowest BCUT2D eigenvalue weighted by molar-refractivity contribution is 0.411. The molecule has 1 saturated heterocycles. The van der Waals surface area contributed by atoms with E-state index >= 15 is 0 Å². The van der Waals surface area contributed by atoms with Gasteiger partial charge in [0.2, 0.25) is 0 Å². The van der Waals surface area contributed by atoms with Crippen molar-refractivity contribution >= 4 is 5.82 Å². The summed E-state index contributed by atoms with van der Waals surface area (Å²) in [6.07, 6.45) is 5.61. The monoisotopic (exact) mass is 235 g/mol. The second-order valence-electron chi connectivity index (χ2n) is 4.46. The van der Waals surface area contributed by atoms with Gasteiger partial charge in [0.1, 0.15) is 11.6 Å². The van der Waals surface area contributed by atoms with Crippen molar-refractivity contribution in [1.82, 2.24) is 10.3 Å². The zero-order chi connectivity index (χ0) is 12.1. The van der Waals surface area contributed by atoms with Gasteiger partial charge in [0.05, 0.1) is 13.3 Å². The van der Waals surface area contributed by atoms with Gasteiger partial charge in [-0.3, -0.25) is 0 Å². The average molecular weight is 235 g/mol. The first-order valence-electron chi connectivity index (χ1n) is 6.26. The van der Waals surface area contributed by atoms with Gasteiger partial charge in [-0.2, -0.15) is 0 Å². The smallest absolute Gasteiger partial charge is 0.137 e. The van der Waals surface area contributed by atoms with E-state index in [9.17, 15) is 0 Å². The SMILES string of the molecule is CNCC1CCCCN1c1ccc(OC)cn1. The normalized spacial score (nSPS) is 20.4. The summed E-state index contributed by atoms with van der Waals surface area (Å²) in [5.41, 5.74) is 0. The number of piperidine rings is 1. The van der Waals surface area contributed by atoms with Crippen LogP contribution in [0.15, 0.2) is 18.3 Å². The number of aromatic nitrogens is 1. The molecular weight excluding hydrogens is 214 g/mol. The Bertz CT molecular complexity index is 337. The van der Waals surface area contributed by atoms with Gasteiger partial charge in [-0.1, -0.05) is 0 Å². The van der Waals surface area contributed by atoms with E-state index in [1.165, 1.54) is 19.3 Å². The second kappa shape index (κ2) is 5.87. The van der Waals surface area contributed by atoms with Crippen molar-refractivity contribution in [3.63, 3.8) is 0 Å². The molecule has 1 atom stereocenters. The molecule has 0 bridgehead atoms. The molecule has 1 fully saturated rings. The first-order valence-corrected chi connectivity index (χ1v) is 6.26. The molecule has 1 aromatic rings. The number of methoxy groups -OCH3 is 1. The fourth-order valence-corrected chi connectivity index (χ4v) is 2.41. The van der Waals surface area contributed by atoms with E-state index in [1.54, 1.807) is 13.3 Å². The molecule has 0 aromatic carbocycles. The van der Waals surface area contributed by atoms with E-state index in [2.05, 4.69) is 15.2 Å². The van der Waals surface area contributed by atoms with Crippen molar-refractivity contribution in [2.75, 3.05) is 32.1 Å². The van der Waals surface area contributed by atoms with Crippen LogP contribution in [0.2, 0.25) is 0 Å². The van der Waals surface area contributed by atoms with Gasteiger partial charge in [0, 0.05) is 19.1 Å². The highest BCUT2D eigenvalue weighted by Gasteiger charge is 2.22. The van der Waals surface area contributed by atoms with Gasteiger partial charge in [-0.05, 0) is 38.4 Å². The molecule has 4 heteroatoms. The van der Waals surface area contributed by atoms with Crippen molar-refractivity contribution in [3.05, 3.63) is 18.3 Å². The Labute approximate surface area is 103 Å². The Hall–Kier alpha value is -1.29. The second-order valence-corrected chi connectivity index (χ2v) is 4.46. The molecule has 2 heterocycles. The van der Waals surface area contributed by atoms with E-state index in [0.29, 0.717) is 6.04 Å². The number of ether oxygens (including phenoxy) is 1. The number of pyridine rings is 1. The third kappa shape index (κ3) is 2.88. The summed E-state index contributed by atoms with van der Waals surface area (Å²) in [5, 5.41) is 3.27. The maximum Gasteiger partial charge on any atom is 0.137 e. The van der Waals surface area contributed by atoms with Crippen LogP contribution >= 0.6 is 0 Å². The number of nitrogens with zero attached hydrogens (tertiary/aromatic N) is 2. The Balaban J connectivity index is 2.11. The number of nitrogens with one attached hydrogen (secondary N) is 1. The molecule has 1 aliphatic rings. The Morgan fingerprint density at radius 1 is 1.47 bits per heavy atom. The molecule has 0 radical (unpaired) electrons. The third-order valence-corrected chi connectivity index (χ3v) is 3.32. The van der Waals surface area contributed by atoms with E-state index in [4.69, 9.17) is 4.74 Å². The number of hydrogen-bond donors (Lipinski definition) is 1. The fourth-order valence-electron chi connectivity index (χ4n) is 2.41. The van der Waals surface area contributed by atoms with Crippen LogP contribution < -0.4 is 15.0 Å². The summed E-state index contributed by atoms with van der Waals surface area (Å²) in [6, 6.07) is 4.59. The van der Waals surface area contributed by atoms with Crippen LogP contribution in [0.25, 0.3) is 0 Å². The highest BCUT2D eigenvalue weighted by molar-refractivity contribution is 5.42. The zero-order valence-electron chi connectivity index (χ0n) is 10.6. The van der Waals surface area contributed by atoms with Crippen molar-refractivity contribution < 1.29 is 4.74 Å². The van der Waals surface area contributed by atoms with Crippen LogP contribution in [-0.4, -0.2) is 38.3 Å². The van der Waals surface area contributed by atoms with Crippen LogP contribution in [0.5, 0.6) is 5.75 Å². The first kappa shape index (κ1) is 12.2. The molecule has 0 amide bonds. The van der Waals surface area contributed by atoms with Gasteiger partial charge in [-0.25, -0.2) is 4.98 Å². The fraction of sp³-hybridized carbons (Fsp3) is 0.615. The predicted molar refractivity (Wildman–Crippen MR) is 69.7 cm³/mol. The van der Waals surface area contributed by atoms with Crippen LogP contribution in [-0.2, 0) is 0 Å². The van der Waals surface area contributed by atoms with Gasteiger partial charge in [0.15, 0.2) is 0 Å². The van der Waals surface area contributed by atoms with E-state index < -0.39 is 0 Å². The number of likely N-dealkylation sites (N-methyl/N-ethyl adjacent to an activating group) is 1. The number of rotatable bonds is 4. The minimum atomic E-state index is 0.564. The van der Waals surface area contributed by atoms with Crippen LogP contribution in [0.4, 0.5) is 5.82 Å². The Kier molecular flexibility index (Phi) is 4.20. The Morgan fingerprint density at radius 2 is 2.35 bits per heavy atom. The largest absolute Gasteiger partial charge is 0.495 e. The minimum Gasteiger partial charge on any atom is -0.495 e. The maximum atomic E-state index is 5.14. The standard InChI is InChI=1S/C13H21N3O/c1-14-9-11-5-3-4-8-16(11)13-7-6-12(17-2)10-15-13/h6-7,10-11,14H,3-5,8-9H2,1-2H3. The molecule has 1 unspecified atom stereocenters. The number of hydrogen-bond acceptors (Lipinski definition) is 4. The van der Waals surface area contributed by atoms with Crippen LogP contribution in [0, 0.1) is 0 Å². The molecule has 1 aromatic heterocycles. The van der Waals surface area contributed by atoms with Crippen LogP contribution in [0.3, 0.4) is 0 Å². The summed E-state index contributed by atoms with van der Waals surface area (Å²) in [4.78, 5) is 6.88. The highest BCUT2D eigenvalue weighted by Crippen LogP contribution is 2.23. The lowest BCUT2D eigenvalue weighted by atomic mass is 10.0. The maximum absolute atomic E-state index is 5.14. The summed E-state index contributed by atoms with van der Waals surface area (Å²) < 4.78 is 5.14. The van der Waals surface area contributed by atoms with Crippen molar-refractivity contribution in [1.29, 1.82) is 0 Å². The molecule has 0 spiro atoms. The topological polar surface area (TPSA) is 37.4 Å². The summed E-state index contributed by atoms with van der Waals surface area (Å²) in [6.45, 7) is 2.12. The molecular formula is C13H21N3O. The van der Waals surface area contributed by atoms with Crippen molar-refractivity contribution in [2.45, 2.75) is 25.3 Å². The molecule has 2 rings (SSSR count). The third-order valence-electron chi connectivity index (χ3n) is 3.32. The van der Waals surface area contributed by atoms with Crippen LogP contribution in [0.1, 0.15) is 19.3 Å². The number of anilines is 1. The van der Waals surface area contributed by atoms with Gasteiger partial charge >= 0.3 is 0 Å². The molecule has 17 heavy (non-hydrogen) atoms. The molecule has 0 saturated carbocycles. The molecule has 1 N–H and O–H groups in total. The van der Waals surface area contributed by atoms with Gasteiger partial charge in [-0.15, -0.1) is 0 Å². The molecule has 1 aliphatic heterocycles. The zero-order valence-corrected chi connectivity index (χ0v) is 10.6. The quantitative estimate of drug-likeness (QED) is 0.861. The van der Waals surface area contributed by atoms with E-state index in [0.717, 1.165) is 24.7 Å². The highest BCUT2D eigenvalue weighted by atomic mass is 16.5. The van der Waals surface area contributed by atoms with E-state index in [-0.39, 0.29) is 0 Å². The molecule has 4 nitrogen and oxygen atoms in total. The van der Waals surface area contributed by atoms with Crippen molar-refractivity contribution in [3.8, 4) is 5.75 Å². The average Bonchev–Trinajstić information content (AvgIpc) is 2.40. The van der Waals surface area contributed by atoms with E-state index in [1.807, 2.05) is 19.2 Å². The summed E-state index contributed by atoms with van der Waals surface area (Å²) in [5.74, 6) is 1.88. The minimum absolute atomic E-state index is 0.564. The summed E-state index contributed by atoms with van der Waals surface area (Å²) >= 11 is 0. The first-order chi connectivity index (χ1) is 8.35.